The van der Waals surface area contributed by atoms with Gasteiger partial charge in [-0.05, 0) is 44.5 Å². The molecule has 8 nitrogen and oxygen atoms in total. The van der Waals surface area contributed by atoms with Crippen LogP contribution in [-0.4, -0.2) is 26.3 Å². The smallest absolute Gasteiger partial charge is 0.323 e. The Labute approximate surface area is 195 Å². The largest absolute Gasteiger partial charge is 0.383 e. The van der Waals surface area contributed by atoms with Crippen molar-refractivity contribution in [3.8, 4) is 0 Å². The molecule has 168 valence electrons. The van der Waals surface area contributed by atoms with Gasteiger partial charge in [0.2, 0.25) is 0 Å². The molecule has 0 spiro atoms. The molecule has 4 aromatic rings. The van der Waals surface area contributed by atoms with E-state index in [1.54, 1.807) is 55.6 Å². The summed E-state index contributed by atoms with van der Waals surface area (Å²) in [6, 6.07) is 11.7. The van der Waals surface area contributed by atoms with Crippen molar-refractivity contribution in [3.63, 3.8) is 0 Å². The van der Waals surface area contributed by atoms with E-state index in [0.29, 0.717) is 44.1 Å². The number of nitrogens with two attached hydrogens (primary N) is 1. The minimum atomic E-state index is -0.468. The van der Waals surface area contributed by atoms with Crippen LogP contribution in [0.3, 0.4) is 0 Å². The Morgan fingerprint density at radius 1 is 1.00 bits per heavy atom. The van der Waals surface area contributed by atoms with Gasteiger partial charge in [-0.25, -0.2) is 14.8 Å². The molecule has 0 fully saturated rings. The number of hydrogen-bond acceptors (Lipinski definition) is 5. The summed E-state index contributed by atoms with van der Waals surface area (Å²) in [6.07, 6.45) is 3.14. The lowest BCUT2D eigenvalue weighted by Crippen LogP contribution is -2.20. The number of para-hydroxylation sites is 1. The quantitative estimate of drug-likeness (QED) is 0.342. The van der Waals surface area contributed by atoms with E-state index in [1.807, 2.05) is 18.4 Å². The average Bonchev–Trinajstić information content (AvgIpc) is 3.18. The van der Waals surface area contributed by atoms with E-state index in [1.165, 1.54) is 6.33 Å². The van der Waals surface area contributed by atoms with Gasteiger partial charge >= 0.3 is 6.03 Å². The van der Waals surface area contributed by atoms with Crippen LogP contribution in [0, 0.1) is 6.92 Å². The average molecular weight is 463 g/mol. The number of nitrogens with zero attached hydrogens (tertiary/aromatic N) is 3. The number of urea groups is 1. The molecule has 0 atom stereocenters. The van der Waals surface area contributed by atoms with Gasteiger partial charge in [0.25, 0.3) is 0 Å². The fraction of sp³-hybridized carbons (Fsp3) is 0.167. The summed E-state index contributed by atoms with van der Waals surface area (Å²) in [4.78, 5) is 34.5. The van der Waals surface area contributed by atoms with E-state index in [2.05, 4.69) is 20.6 Å². The first kappa shape index (κ1) is 22.3. The Kier molecular flexibility index (Phi) is 6.02. The van der Waals surface area contributed by atoms with Crippen molar-refractivity contribution in [3.05, 3.63) is 76.7 Å². The van der Waals surface area contributed by atoms with E-state index in [0.717, 1.165) is 0 Å². The Morgan fingerprint density at radius 2 is 1.70 bits per heavy atom. The predicted molar refractivity (Wildman–Crippen MR) is 131 cm³/mol. The van der Waals surface area contributed by atoms with Gasteiger partial charge in [-0.2, -0.15) is 0 Å². The van der Waals surface area contributed by atoms with Crippen LogP contribution in [0.25, 0.3) is 11.0 Å². The molecular formula is C24H23ClN6O2. The van der Waals surface area contributed by atoms with Crippen LogP contribution >= 0.6 is 11.6 Å². The number of rotatable bonds is 5. The van der Waals surface area contributed by atoms with Crippen LogP contribution in [-0.2, 0) is 0 Å². The maximum Gasteiger partial charge on any atom is 0.323 e. The number of hydrogen-bond donors (Lipinski definition) is 3. The topological polar surface area (TPSA) is 115 Å². The zero-order valence-corrected chi connectivity index (χ0v) is 19.1. The summed E-state index contributed by atoms with van der Waals surface area (Å²) < 4.78 is 1.90. The second-order valence-corrected chi connectivity index (χ2v) is 8.27. The van der Waals surface area contributed by atoms with Gasteiger partial charge in [0.1, 0.15) is 17.8 Å². The zero-order chi connectivity index (χ0) is 23.7. The van der Waals surface area contributed by atoms with Crippen molar-refractivity contribution in [1.82, 2.24) is 14.5 Å². The first-order chi connectivity index (χ1) is 15.8. The Bertz CT molecular complexity index is 1380. The molecule has 2 heterocycles. The number of nitrogen functional groups attached to an aromatic ring is 1. The third kappa shape index (κ3) is 4.25. The molecule has 2 aromatic heterocycles. The molecule has 2 amide bonds. The van der Waals surface area contributed by atoms with Gasteiger partial charge in [0, 0.05) is 23.5 Å². The first-order valence-corrected chi connectivity index (χ1v) is 10.7. The minimum Gasteiger partial charge on any atom is -0.383 e. The third-order valence-electron chi connectivity index (χ3n) is 5.39. The minimum absolute atomic E-state index is 0.0750. The SMILES string of the molecule is Cc1c(NC(=O)Nc2ccccc2Cl)cccc1C(=O)c1cn(C(C)C)c2ncnc(N)c12. The maximum atomic E-state index is 13.6. The summed E-state index contributed by atoms with van der Waals surface area (Å²) in [7, 11) is 0. The molecule has 4 rings (SSSR count). The monoisotopic (exact) mass is 462 g/mol. The highest BCUT2D eigenvalue weighted by Gasteiger charge is 2.23. The van der Waals surface area contributed by atoms with E-state index >= 15 is 0 Å². The second-order valence-electron chi connectivity index (χ2n) is 7.87. The van der Waals surface area contributed by atoms with Gasteiger partial charge in [-0.1, -0.05) is 35.9 Å². The fourth-order valence-corrected chi connectivity index (χ4v) is 3.86. The number of benzene rings is 2. The van der Waals surface area contributed by atoms with Crippen molar-refractivity contribution >= 4 is 51.6 Å². The molecule has 9 heteroatoms. The van der Waals surface area contributed by atoms with E-state index in [-0.39, 0.29) is 17.6 Å². The number of anilines is 3. The first-order valence-electron chi connectivity index (χ1n) is 10.4. The highest BCUT2D eigenvalue weighted by atomic mass is 35.5. The molecule has 0 aliphatic heterocycles. The number of ketones is 1. The van der Waals surface area contributed by atoms with Crippen LogP contribution in [0.4, 0.5) is 22.0 Å². The Morgan fingerprint density at radius 3 is 2.42 bits per heavy atom. The van der Waals surface area contributed by atoms with Crippen LogP contribution < -0.4 is 16.4 Å². The highest BCUT2D eigenvalue weighted by molar-refractivity contribution is 6.33. The van der Waals surface area contributed by atoms with E-state index in [4.69, 9.17) is 17.3 Å². The van der Waals surface area contributed by atoms with Crippen molar-refractivity contribution in [2.24, 2.45) is 0 Å². The van der Waals surface area contributed by atoms with Crippen LogP contribution in [0.2, 0.25) is 5.02 Å². The molecule has 0 aliphatic rings. The van der Waals surface area contributed by atoms with Crippen LogP contribution in [0.5, 0.6) is 0 Å². The number of amides is 2. The van der Waals surface area contributed by atoms with E-state index < -0.39 is 6.03 Å². The molecule has 4 N–H and O–H groups in total. The highest BCUT2D eigenvalue weighted by Crippen LogP contribution is 2.30. The lowest BCUT2D eigenvalue weighted by atomic mass is 9.98. The maximum absolute atomic E-state index is 13.6. The van der Waals surface area contributed by atoms with E-state index in [9.17, 15) is 9.59 Å². The molecule has 0 radical (unpaired) electrons. The number of fused-ring (bicyclic) bond motifs is 1. The molecule has 2 aromatic carbocycles. The fourth-order valence-electron chi connectivity index (χ4n) is 3.67. The summed E-state index contributed by atoms with van der Waals surface area (Å²) >= 11 is 6.11. The van der Waals surface area contributed by atoms with Gasteiger partial charge in [0.05, 0.1) is 21.7 Å². The standard InChI is InChI=1S/C24H23ClN6O2/c1-13(2)31-11-16(20-22(26)27-12-28-23(20)31)21(32)15-7-6-10-18(14(15)3)29-24(33)30-19-9-5-4-8-17(19)25/h4-13H,1-3H3,(H2,26,27,28)(H2,29,30,33). The summed E-state index contributed by atoms with van der Waals surface area (Å²) in [5.74, 6) is 0.0161. The van der Waals surface area contributed by atoms with Gasteiger partial charge in [0.15, 0.2) is 5.78 Å². The van der Waals surface area contributed by atoms with Gasteiger partial charge in [-0.15, -0.1) is 0 Å². The van der Waals surface area contributed by atoms with Crippen LogP contribution in [0.15, 0.2) is 55.0 Å². The molecule has 0 bridgehead atoms. The molecule has 0 saturated carbocycles. The molecule has 0 unspecified atom stereocenters. The molecule has 0 aliphatic carbocycles. The van der Waals surface area contributed by atoms with Crippen LogP contribution in [0.1, 0.15) is 41.4 Å². The van der Waals surface area contributed by atoms with Crippen molar-refractivity contribution in [2.75, 3.05) is 16.4 Å². The van der Waals surface area contributed by atoms with Gasteiger partial charge < -0.3 is 20.9 Å². The number of carbonyl (C=O) groups is 2. The van der Waals surface area contributed by atoms with Gasteiger partial charge in [-0.3, -0.25) is 4.79 Å². The lowest BCUT2D eigenvalue weighted by molar-refractivity contribution is 0.103. The number of halogens is 1. The predicted octanol–water partition coefficient (Wildman–Crippen LogP) is 5.43. The summed E-state index contributed by atoms with van der Waals surface area (Å²) in [6.45, 7) is 5.78. The number of carbonyl (C=O) groups excluding carboxylic acids is 2. The normalized spacial score (nSPS) is 11.1. The Hall–Kier alpha value is -3.91. The second kappa shape index (κ2) is 8.91. The Balaban J connectivity index is 1.68. The third-order valence-corrected chi connectivity index (χ3v) is 5.72. The van der Waals surface area contributed by atoms with Crippen molar-refractivity contribution in [1.29, 1.82) is 0 Å². The number of aromatic nitrogens is 3. The zero-order valence-electron chi connectivity index (χ0n) is 18.4. The molecular weight excluding hydrogens is 440 g/mol. The molecule has 0 saturated heterocycles. The lowest BCUT2D eigenvalue weighted by Gasteiger charge is -2.13. The summed E-state index contributed by atoms with van der Waals surface area (Å²) in [5.41, 5.74) is 9.18. The summed E-state index contributed by atoms with van der Waals surface area (Å²) in [5, 5.41) is 6.44. The molecule has 33 heavy (non-hydrogen) atoms. The van der Waals surface area contributed by atoms with Crippen molar-refractivity contribution in [2.45, 2.75) is 26.8 Å². The number of nitrogens with one attached hydrogen (secondary N) is 2. The van der Waals surface area contributed by atoms with Crippen molar-refractivity contribution < 1.29 is 9.59 Å².